The van der Waals surface area contributed by atoms with Gasteiger partial charge in [-0.3, -0.25) is 0 Å². The van der Waals surface area contributed by atoms with Crippen LogP contribution in [-0.2, 0) is 4.79 Å². The van der Waals surface area contributed by atoms with Crippen LogP contribution in [0.25, 0.3) is 16.5 Å². The van der Waals surface area contributed by atoms with Crippen LogP contribution in [-0.4, -0.2) is 37.7 Å². The van der Waals surface area contributed by atoms with Crippen molar-refractivity contribution < 1.29 is 19.4 Å². The summed E-state index contributed by atoms with van der Waals surface area (Å²) in [6, 6.07) is 9.32. The molecule has 0 aliphatic carbocycles. The zero-order valence-corrected chi connectivity index (χ0v) is 18.3. The number of carboxylic acid groups (broad SMARTS) is 1. The van der Waals surface area contributed by atoms with E-state index in [2.05, 4.69) is 21.3 Å². The zero-order valence-electron chi connectivity index (χ0n) is 17.4. The van der Waals surface area contributed by atoms with Gasteiger partial charge < -0.3 is 0 Å². The summed E-state index contributed by atoms with van der Waals surface area (Å²) in [7, 11) is 3.88. The number of nitrogens with zero attached hydrogens (tertiary/aromatic N) is 1. The van der Waals surface area contributed by atoms with Gasteiger partial charge in [0.1, 0.15) is 0 Å². The van der Waals surface area contributed by atoms with E-state index in [1.54, 1.807) is 12.0 Å². The van der Waals surface area contributed by atoms with E-state index in [1.165, 1.54) is 17.4 Å². The van der Waals surface area contributed by atoms with Crippen LogP contribution < -0.4 is 9.47 Å². The van der Waals surface area contributed by atoms with Crippen molar-refractivity contribution in [1.29, 1.82) is 5.26 Å². The first-order valence-electron chi connectivity index (χ1n) is 10.0. The summed E-state index contributed by atoms with van der Waals surface area (Å²) < 4.78 is 11.9. The number of hydrogen-bond donors (Lipinski definition) is 1. The van der Waals surface area contributed by atoms with Gasteiger partial charge in [-0.05, 0) is 0 Å². The Labute approximate surface area is 182 Å². The molecule has 2 aromatic rings. The molecule has 30 heavy (non-hydrogen) atoms. The van der Waals surface area contributed by atoms with Gasteiger partial charge in [-0.15, -0.1) is 0 Å². The summed E-state index contributed by atoms with van der Waals surface area (Å²) in [4.78, 5) is 12.7. The number of thiophene rings is 1. The third-order valence-electron chi connectivity index (χ3n) is 4.36. The van der Waals surface area contributed by atoms with E-state index in [0.717, 1.165) is 53.2 Å². The van der Waals surface area contributed by atoms with E-state index in [4.69, 9.17) is 19.8 Å². The van der Waals surface area contributed by atoms with Gasteiger partial charge in [0.15, 0.2) is 0 Å². The Morgan fingerprint density at radius 2 is 1.90 bits per heavy atom. The summed E-state index contributed by atoms with van der Waals surface area (Å²) >= 11 is 1.40. The second-order valence-electron chi connectivity index (χ2n) is 6.67. The number of rotatable bonds is 12. The Hall–Kier alpha value is -2.85. The van der Waals surface area contributed by atoms with Gasteiger partial charge in [0.25, 0.3) is 0 Å². The first-order chi connectivity index (χ1) is 14.5. The van der Waals surface area contributed by atoms with E-state index < -0.39 is 5.97 Å². The van der Waals surface area contributed by atoms with Crippen LogP contribution in [0.5, 0.6) is 11.5 Å². The molecule has 0 unspecified atom stereocenters. The fourth-order valence-electron chi connectivity index (χ4n) is 2.70. The predicted octanol–water partition coefficient (Wildman–Crippen LogP) is 4.82. The SMILES string of the molecule is B=Cc1cc(/C=C(\C#N)C(=O)O)sc1-c1ccc(OCCCC)cc1OCCCC. The van der Waals surface area contributed by atoms with Crippen LogP contribution in [0.4, 0.5) is 0 Å². The number of nitriles is 1. The average molecular weight is 423 g/mol. The molecular weight excluding hydrogens is 397 g/mol. The minimum absolute atomic E-state index is 0.308. The summed E-state index contributed by atoms with van der Waals surface area (Å²) in [6.45, 7) is 5.48. The Balaban J connectivity index is 2.46. The van der Waals surface area contributed by atoms with Gasteiger partial charge >= 0.3 is 183 Å². The summed E-state index contributed by atoms with van der Waals surface area (Å²) in [6.07, 6.45) is 5.40. The van der Waals surface area contributed by atoms with Crippen molar-refractivity contribution in [2.75, 3.05) is 13.2 Å². The Morgan fingerprint density at radius 3 is 2.50 bits per heavy atom. The van der Waals surface area contributed by atoms with E-state index in [-0.39, 0.29) is 5.57 Å². The monoisotopic (exact) mass is 423 g/mol. The summed E-state index contributed by atoms with van der Waals surface area (Å²) in [5.41, 5.74) is 1.44. The number of ether oxygens (including phenoxy) is 2. The molecule has 0 fully saturated rings. The third-order valence-corrected chi connectivity index (χ3v) is 5.49. The number of carbonyl (C=O) groups is 1. The molecule has 0 saturated heterocycles. The molecule has 7 heteroatoms. The number of carboxylic acids is 1. The van der Waals surface area contributed by atoms with Crippen LogP contribution in [0.1, 0.15) is 50.0 Å². The van der Waals surface area contributed by atoms with Gasteiger partial charge in [-0.1, -0.05) is 0 Å². The molecule has 1 heterocycles. The number of aliphatic carboxylic acids is 1. The van der Waals surface area contributed by atoms with Crippen LogP contribution in [0.2, 0.25) is 0 Å². The van der Waals surface area contributed by atoms with Gasteiger partial charge in [0.2, 0.25) is 0 Å². The maximum absolute atomic E-state index is 11.2. The number of hydrogen-bond acceptors (Lipinski definition) is 5. The van der Waals surface area contributed by atoms with Gasteiger partial charge in [0.05, 0.1) is 0 Å². The molecular formula is C23H26BNO4S. The summed E-state index contributed by atoms with van der Waals surface area (Å²) in [5, 5.41) is 18.2. The maximum atomic E-state index is 11.2. The fourth-order valence-corrected chi connectivity index (χ4v) is 3.84. The normalized spacial score (nSPS) is 11.0. The quantitative estimate of drug-likeness (QED) is 0.229. The molecule has 1 N–H and O–H groups in total. The van der Waals surface area contributed by atoms with E-state index in [9.17, 15) is 4.79 Å². The molecule has 2 rings (SSSR count). The average Bonchev–Trinajstić information content (AvgIpc) is 3.15. The second-order valence-corrected chi connectivity index (χ2v) is 7.76. The van der Waals surface area contributed by atoms with Crippen molar-refractivity contribution >= 4 is 36.8 Å². The first kappa shape index (κ1) is 23.4. The first-order valence-corrected chi connectivity index (χ1v) is 10.9. The van der Waals surface area contributed by atoms with Crippen molar-refractivity contribution in [1.82, 2.24) is 0 Å². The Morgan fingerprint density at radius 1 is 1.20 bits per heavy atom. The zero-order chi connectivity index (χ0) is 21.9. The van der Waals surface area contributed by atoms with Crippen molar-refractivity contribution in [2.24, 2.45) is 0 Å². The molecule has 0 radical (unpaired) electrons. The minimum atomic E-state index is -1.25. The number of benzene rings is 1. The van der Waals surface area contributed by atoms with Crippen LogP contribution in [0.15, 0.2) is 29.8 Å². The van der Waals surface area contributed by atoms with Crippen molar-refractivity contribution in [2.45, 2.75) is 39.5 Å². The van der Waals surface area contributed by atoms with Gasteiger partial charge in [0, 0.05) is 0 Å². The molecule has 0 atom stereocenters. The van der Waals surface area contributed by atoms with Crippen molar-refractivity contribution in [3.8, 4) is 28.0 Å². The Kier molecular flexibility index (Phi) is 9.36. The molecule has 0 spiro atoms. The van der Waals surface area contributed by atoms with Crippen LogP contribution >= 0.6 is 11.3 Å². The van der Waals surface area contributed by atoms with E-state index in [1.807, 2.05) is 24.3 Å². The van der Waals surface area contributed by atoms with Gasteiger partial charge in [-0.2, -0.15) is 0 Å². The second kappa shape index (κ2) is 12.0. The Bertz CT molecular complexity index is 959. The molecule has 0 bridgehead atoms. The van der Waals surface area contributed by atoms with Crippen LogP contribution in [0.3, 0.4) is 0 Å². The van der Waals surface area contributed by atoms with Gasteiger partial charge in [-0.25, -0.2) is 0 Å². The standard InChI is InChI=1S/C23H26BNO4S/c1-3-5-9-28-18-7-8-20(21(13-18)29-10-6-4-2)22-16(14-24)11-19(30-22)12-17(15-25)23(26)27/h7-8,11-14,24H,3-6,9-10H2,1-2H3,(H,26,27)/b17-12+. The molecule has 0 aliphatic heterocycles. The van der Waals surface area contributed by atoms with E-state index in [0.29, 0.717) is 18.1 Å². The van der Waals surface area contributed by atoms with Crippen LogP contribution in [0, 0.1) is 11.3 Å². The molecule has 156 valence electrons. The molecule has 0 saturated carbocycles. The van der Waals surface area contributed by atoms with E-state index >= 15 is 0 Å². The number of unbranched alkanes of at least 4 members (excludes halogenated alkanes) is 2. The molecule has 1 aromatic carbocycles. The molecule has 1 aromatic heterocycles. The van der Waals surface area contributed by atoms with Crippen molar-refractivity contribution in [3.63, 3.8) is 0 Å². The van der Waals surface area contributed by atoms with Crippen molar-refractivity contribution in [3.05, 3.63) is 40.3 Å². The molecule has 5 nitrogen and oxygen atoms in total. The summed E-state index contributed by atoms with van der Waals surface area (Å²) in [5.74, 6) is 1.95. The topological polar surface area (TPSA) is 79.6 Å². The predicted molar refractivity (Wildman–Crippen MR) is 124 cm³/mol. The third kappa shape index (κ3) is 6.33. The molecule has 0 aliphatic rings. The molecule has 0 amide bonds. The fraction of sp³-hybridized carbons (Fsp3) is 0.348.